The van der Waals surface area contributed by atoms with E-state index in [1.165, 1.54) is 22.1 Å². The Morgan fingerprint density at radius 1 is 0.322 bits per heavy atom. The van der Waals surface area contributed by atoms with Crippen LogP contribution in [0.3, 0.4) is 0 Å². The lowest BCUT2D eigenvalue weighted by molar-refractivity contribution is 0.378. The fourth-order valence-corrected chi connectivity index (χ4v) is 7.48. The maximum Gasteiger partial charge on any atom is 0.200 e. The largest absolute Gasteiger partial charge is 0.207 e. The zero-order valence-corrected chi connectivity index (χ0v) is 29.6. The maximum atomic E-state index is 15.4. The van der Waals surface area contributed by atoms with Crippen LogP contribution in [0.2, 0.25) is 0 Å². The molecule has 6 rings (SSSR count). The van der Waals surface area contributed by atoms with Gasteiger partial charge in [-0.3, -0.25) is 0 Å². The SMILES string of the molecule is C[S+](C)Cc1cccc2ccccc12.Fc1c(F)c(F)c([B-](c2c(F)c(F)c(F)c(F)c2F)(c2c(F)c(F)c(F)c(F)c2F)c2c(F)c(F)c(F)c(F)c2F)c(F)c1F. The summed E-state index contributed by atoms with van der Waals surface area (Å²) >= 11 is 0. The number of benzene rings is 6. The average molecular weight is 882 g/mol. The Morgan fingerprint density at radius 3 is 0.831 bits per heavy atom. The van der Waals surface area contributed by atoms with Crippen LogP contribution in [0, 0.1) is 116 Å². The van der Waals surface area contributed by atoms with Crippen LogP contribution in [0.5, 0.6) is 0 Å². The topological polar surface area (TPSA) is 0 Å². The fourth-order valence-electron chi connectivity index (χ4n) is 6.60. The molecule has 0 saturated carbocycles. The number of halogens is 20. The summed E-state index contributed by atoms with van der Waals surface area (Å²) in [5.41, 5.74) is -12.8. The third-order valence-electron chi connectivity index (χ3n) is 9.03. The van der Waals surface area contributed by atoms with Crippen molar-refractivity contribution < 1.29 is 87.8 Å². The molecule has 312 valence electrons. The zero-order chi connectivity index (χ0) is 44.3. The van der Waals surface area contributed by atoms with Gasteiger partial charge in [-0.15, -0.1) is 21.9 Å². The van der Waals surface area contributed by atoms with Gasteiger partial charge in [0.2, 0.25) is 0 Å². The second kappa shape index (κ2) is 16.3. The Bertz CT molecular complexity index is 2290. The molecule has 22 heteroatoms. The molecular formula is C37H15BF20S. The molecule has 0 heterocycles. The average Bonchev–Trinajstić information content (AvgIpc) is 3.21. The number of hydrogen-bond acceptors (Lipinski definition) is 0. The lowest BCUT2D eigenvalue weighted by Crippen LogP contribution is -2.81. The minimum Gasteiger partial charge on any atom is -0.207 e. The molecule has 0 aromatic heterocycles. The van der Waals surface area contributed by atoms with Gasteiger partial charge in [-0.2, -0.15) is 0 Å². The van der Waals surface area contributed by atoms with Gasteiger partial charge < -0.3 is 0 Å². The van der Waals surface area contributed by atoms with E-state index in [0.29, 0.717) is 10.9 Å². The Hall–Kier alpha value is -5.41. The molecule has 0 aliphatic rings. The van der Waals surface area contributed by atoms with Crippen LogP contribution in [0.15, 0.2) is 42.5 Å². The summed E-state index contributed by atoms with van der Waals surface area (Å²) in [6.45, 7) is 0. The van der Waals surface area contributed by atoms with E-state index in [-0.39, 0.29) is 0 Å². The molecule has 0 bridgehead atoms. The standard InChI is InChI=1S/C24BF20.C13H15S/c26-5-1(6(27)14(35)21(42)13(5)34)25(2-7(28)15(36)22(43)16(37)8(2)29,3-9(30)17(38)23(44)18(39)10(3)31)4-11(32)19(40)24(45)20(41)12(4)33;1-14(2)10-12-8-5-7-11-6-3-4-9-13(11)12/h;3-9H,10H2,1-2H3/q-1;+1. The molecule has 6 aromatic carbocycles. The highest BCUT2D eigenvalue weighted by Gasteiger charge is 2.52. The van der Waals surface area contributed by atoms with E-state index in [2.05, 4.69) is 55.0 Å². The Kier molecular flexibility index (Phi) is 12.4. The van der Waals surface area contributed by atoms with E-state index in [1.807, 2.05) is 0 Å². The molecule has 0 fully saturated rings. The third kappa shape index (κ3) is 6.91. The monoisotopic (exact) mass is 882 g/mol. The highest BCUT2D eigenvalue weighted by molar-refractivity contribution is 7.94. The van der Waals surface area contributed by atoms with E-state index in [0.717, 1.165) is 0 Å². The van der Waals surface area contributed by atoms with E-state index >= 15 is 35.1 Å². The first kappa shape index (κ1) is 44.7. The van der Waals surface area contributed by atoms with Crippen LogP contribution >= 0.6 is 0 Å². The summed E-state index contributed by atoms with van der Waals surface area (Å²) in [5.74, 6) is -70.2. The third-order valence-corrected chi connectivity index (χ3v) is 9.92. The number of fused-ring (bicyclic) bond motifs is 1. The van der Waals surface area contributed by atoms with Gasteiger partial charge in [-0.25, -0.2) is 87.8 Å². The molecule has 0 saturated heterocycles. The molecule has 0 atom stereocenters. The molecular weight excluding hydrogens is 867 g/mol. The van der Waals surface area contributed by atoms with E-state index in [4.69, 9.17) is 0 Å². The normalized spacial score (nSPS) is 11.8. The van der Waals surface area contributed by atoms with Gasteiger partial charge >= 0.3 is 0 Å². The van der Waals surface area contributed by atoms with Crippen molar-refractivity contribution in [1.82, 2.24) is 0 Å². The fraction of sp³-hybridized carbons (Fsp3) is 0.0811. The van der Waals surface area contributed by atoms with Crippen molar-refractivity contribution in [2.75, 3.05) is 12.5 Å². The van der Waals surface area contributed by atoms with Crippen LogP contribution in [0.1, 0.15) is 5.56 Å². The summed E-state index contributed by atoms with van der Waals surface area (Å²) in [7, 11) is 0.477. The van der Waals surface area contributed by atoms with Crippen LogP contribution in [0.4, 0.5) is 87.8 Å². The Morgan fingerprint density at radius 2 is 0.559 bits per heavy atom. The minimum atomic E-state index is -7.22. The first-order valence-electron chi connectivity index (χ1n) is 15.7. The summed E-state index contributed by atoms with van der Waals surface area (Å²) < 4.78 is 294. The summed E-state index contributed by atoms with van der Waals surface area (Å²) in [5, 5.41) is 2.77. The van der Waals surface area contributed by atoms with Gasteiger partial charge in [0, 0.05) is 5.56 Å². The van der Waals surface area contributed by atoms with Crippen molar-refractivity contribution in [3.8, 4) is 0 Å². The highest BCUT2D eigenvalue weighted by Crippen LogP contribution is 2.31. The van der Waals surface area contributed by atoms with Crippen molar-refractivity contribution >= 4 is 49.7 Å². The first-order valence-corrected chi connectivity index (χ1v) is 17.9. The van der Waals surface area contributed by atoms with Crippen LogP contribution in [-0.2, 0) is 16.6 Å². The van der Waals surface area contributed by atoms with E-state index in [9.17, 15) is 52.7 Å². The highest BCUT2D eigenvalue weighted by atomic mass is 32.2. The smallest absolute Gasteiger partial charge is 0.200 e. The van der Waals surface area contributed by atoms with Gasteiger partial charge in [0.15, 0.2) is 69.8 Å². The summed E-state index contributed by atoms with van der Waals surface area (Å²) in [6, 6.07) is 15.2. The quantitative estimate of drug-likeness (QED) is 0.0516. The van der Waals surface area contributed by atoms with Gasteiger partial charge in [-0.1, -0.05) is 42.5 Å². The molecule has 0 N–H and O–H groups in total. The molecule has 6 aromatic rings. The predicted molar refractivity (Wildman–Crippen MR) is 176 cm³/mol. The first-order chi connectivity index (χ1) is 27.5. The molecule has 0 aliphatic heterocycles. The van der Waals surface area contributed by atoms with Crippen LogP contribution < -0.4 is 21.9 Å². The van der Waals surface area contributed by atoms with Crippen molar-refractivity contribution in [2.24, 2.45) is 0 Å². The summed E-state index contributed by atoms with van der Waals surface area (Å²) in [6.07, 6.45) is -2.63. The maximum absolute atomic E-state index is 15.4. The molecule has 0 amide bonds. The lowest BCUT2D eigenvalue weighted by atomic mass is 9.12. The predicted octanol–water partition coefficient (Wildman–Crippen LogP) is 9.06. The van der Waals surface area contributed by atoms with Gasteiger partial charge in [0.1, 0.15) is 58.4 Å². The Labute approximate surface area is 320 Å². The number of hydrogen-bond donors (Lipinski definition) is 0. The van der Waals surface area contributed by atoms with Crippen molar-refractivity contribution in [1.29, 1.82) is 0 Å². The van der Waals surface area contributed by atoms with Gasteiger partial charge in [0.05, 0.1) is 12.5 Å². The van der Waals surface area contributed by atoms with Crippen LogP contribution in [0.25, 0.3) is 10.8 Å². The van der Waals surface area contributed by atoms with Gasteiger partial charge in [0.25, 0.3) is 0 Å². The molecule has 59 heavy (non-hydrogen) atoms. The van der Waals surface area contributed by atoms with E-state index in [1.54, 1.807) is 0 Å². The minimum absolute atomic E-state index is 0.477. The molecule has 0 radical (unpaired) electrons. The number of rotatable bonds is 6. The molecule has 0 aliphatic carbocycles. The van der Waals surface area contributed by atoms with Crippen molar-refractivity contribution in [2.45, 2.75) is 5.75 Å². The van der Waals surface area contributed by atoms with Gasteiger partial charge in [-0.05, 0) is 21.7 Å². The molecule has 0 unspecified atom stereocenters. The van der Waals surface area contributed by atoms with Crippen LogP contribution in [-0.4, -0.2) is 18.7 Å². The van der Waals surface area contributed by atoms with Crippen molar-refractivity contribution in [3.63, 3.8) is 0 Å². The molecule has 0 nitrogen and oxygen atoms in total. The molecule has 0 spiro atoms. The second-order valence-electron chi connectivity index (χ2n) is 12.6. The lowest BCUT2D eigenvalue weighted by Gasteiger charge is -2.44. The van der Waals surface area contributed by atoms with Crippen molar-refractivity contribution in [3.05, 3.63) is 164 Å². The van der Waals surface area contributed by atoms with E-state index < -0.39 is 144 Å². The summed E-state index contributed by atoms with van der Waals surface area (Å²) in [4.78, 5) is 0. The second-order valence-corrected chi connectivity index (χ2v) is 14.8. The Balaban J connectivity index is 0.000000395. The zero-order valence-electron chi connectivity index (χ0n) is 28.8.